The summed E-state index contributed by atoms with van der Waals surface area (Å²) < 4.78 is 0. The number of piperazine rings is 1. The molecule has 2 N–H and O–H groups in total. The molecule has 2 fully saturated rings. The first-order valence-electron chi connectivity index (χ1n) is 4.44. The van der Waals surface area contributed by atoms with Crippen molar-refractivity contribution in [2.24, 2.45) is 0 Å². The summed E-state index contributed by atoms with van der Waals surface area (Å²) in [4.78, 5) is 2.43. The Morgan fingerprint density at radius 3 is 3.09 bits per heavy atom. The van der Waals surface area contributed by atoms with E-state index in [1.54, 1.807) is 0 Å². The summed E-state index contributed by atoms with van der Waals surface area (Å²) in [6.45, 7) is 4.67. The molecule has 64 valence electrons. The van der Waals surface area contributed by atoms with Crippen LogP contribution in [-0.2, 0) is 0 Å². The van der Waals surface area contributed by atoms with E-state index in [1.807, 2.05) is 0 Å². The fourth-order valence-corrected chi connectivity index (χ4v) is 2.31. The monoisotopic (exact) mass is 156 g/mol. The number of hydrogen-bond donors (Lipinski definition) is 2. The molecule has 0 amide bonds. The van der Waals surface area contributed by atoms with Crippen LogP contribution in [0, 0.1) is 0 Å². The van der Waals surface area contributed by atoms with Gasteiger partial charge in [0, 0.05) is 19.6 Å². The predicted molar refractivity (Wildman–Crippen MR) is 43.5 cm³/mol. The maximum absolute atomic E-state index is 9.27. The molecule has 2 saturated heterocycles. The first-order chi connectivity index (χ1) is 5.37. The van der Waals surface area contributed by atoms with Crippen molar-refractivity contribution in [3.8, 4) is 0 Å². The molecule has 0 aromatic carbocycles. The summed E-state index contributed by atoms with van der Waals surface area (Å²) in [6, 6.07) is 0. The predicted octanol–water partition coefficient (Wildman–Crippen LogP) is -0.583. The number of aliphatic hydroxyl groups excluding tert-OH is 1. The third kappa shape index (κ3) is 1.08. The number of aliphatic hydroxyl groups is 1. The molecule has 0 unspecified atom stereocenters. The van der Waals surface area contributed by atoms with Gasteiger partial charge in [-0.05, 0) is 19.4 Å². The maximum Gasteiger partial charge on any atom is 0.0627 e. The van der Waals surface area contributed by atoms with Crippen LogP contribution >= 0.6 is 0 Å². The number of hydrogen-bond acceptors (Lipinski definition) is 3. The van der Waals surface area contributed by atoms with Crippen LogP contribution in [0.1, 0.15) is 12.8 Å². The van der Waals surface area contributed by atoms with Gasteiger partial charge in [-0.1, -0.05) is 0 Å². The van der Waals surface area contributed by atoms with Crippen LogP contribution in [0.4, 0.5) is 0 Å². The number of rotatable bonds is 1. The van der Waals surface area contributed by atoms with Gasteiger partial charge in [0.1, 0.15) is 0 Å². The van der Waals surface area contributed by atoms with E-state index in [-0.39, 0.29) is 5.54 Å². The smallest absolute Gasteiger partial charge is 0.0627 e. The maximum atomic E-state index is 9.27. The highest BCUT2D eigenvalue weighted by molar-refractivity contribution is 4.99. The molecule has 2 heterocycles. The molecule has 2 aliphatic heterocycles. The molecular formula is C8H16N2O. The standard InChI is InChI=1S/C8H16N2O/c11-7-8-2-1-4-10(8)5-3-9-6-8/h9,11H,1-7H2/t8-/m1/s1. The minimum Gasteiger partial charge on any atom is -0.394 e. The van der Waals surface area contributed by atoms with E-state index in [0.717, 1.165) is 26.1 Å². The summed E-state index contributed by atoms with van der Waals surface area (Å²) in [5, 5.41) is 12.6. The van der Waals surface area contributed by atoms with Gasteiger partial charge in [-0.2, -0.15) is 0 Å². The largest absolute Gasteiger partial charge is 0.394 e. The van der Waals surface area contributed by atoms with Crippen molar-refractivity contribution in [3.63, 3.8) is 0 Å². The zero-order valence-electron chi connectivity index (χ0n) is 6.84. The second kappa shape index (κ2) is 2.73. The SMILES string of the molecule is OC[C@]12CCCN1CCNC2. The molecular weight excluding hydrogens is 140 g/mol. The summed E-state index contributed by atoms with van der Waals surface area (Å²) in [5.74, 6) is 0. The molecule has 0 radical (unpaired) electrons. The molecule has 0 saturated carbocycles. The fraction of sp³-hybridized carbons (Fsp3) is 1.00. The van der Waals surface area contributed by atoms with Crippen LogP contribution in [0.15, 0.2) is 0 Å². The molecule has 0 aliphatic carbocycles. The van der Waals surface area contributed by atoms with E-state index in [2.05, 4.69) is 10.2 Å². The number of nitrogens with zero attached hydrogens (tertiary/aromatic N) is 1. The van der Waals surface area contributed by atoms with Gasteiger partial charge in [-0.25, -0.2) is 0 Å². The average Bonchev–Trinajstić information content (AvgIpc) is 2.48. The van der Waals surface area contributed by atoms with E-state index in [1.165, 1.54) is 13.0 Å². The Kier molecular flexibility index (Phi) is 1.87. The van der Waals surface area contributed by atoms with Crippen LogP contribution < -0.4 is 5.32 Å². The van der Waals surface area contributed by atoms with E-state index < -0.39 is 0 Å². The number of fused-ring (bicyclic) bond motifs is 1. The Labute approximate surface area is 67.4 Å². The summed E-state index contributed by atoms with van der Waals surface area (Å²) in [7, 11) is 0. The van der Waals surface area contributed by atoms with Gasteiger partial charge in [0.15, 0.2) is 0 Å². The molecule has 0 spiro atoms. The van der Waals surface area contributed by atoms with E-state index >= 15 is 0 Å². The third-order valence-corrected chi connectivity index (χ3v) is 3.05. The van der Waals surface area contributed by atoms with Crippen molar-refractivity contribution >= 4 is 0 Å². The van der Waals surface area contributed by atoms with Gasteiger partial charge >= 0.3 is 0 Å². The first-order valence-corrected chi connectivity index (χ1v) is 4.44. The topological polar surface area (TPSA) is 35.5 Å². The van der Waals surface area contributed by atoms with Crippen LogP contribution in [0.3, 0.4) is 0 Å². The lowest BCUT2D eigenvalue weighted by molar-refractivity contribution is 0.0443. The van der Waals surface area contributed by atoms with Gasteiger partial charge in [0.25, 0.3) is 0 Å². The quantitative estimate of drug-likeness (QED) is 0.533. The second-order valence-electron chi connectivity index (χ2n) is 3.65. The summed E-state index contributed by atoms with van der Waals surface area (Å²) >= 11 is 0. The van der Waals surface area contributed by atoms with E-state index in [9.17, 15) is 5.11 Å². The first kappa shape index (κ1) is 7.53. The molecule has 1 atom stereocenters. The van der Waals surface area contributed by atoms with Crippen molar-refractivity contribution in [3.05, 3.63) is 0 Å². The third-order valence-electron chi connectivity index (χ3n) is 3.05. The number of nitrogens with one attached hydrogen (secondary N) is 1. The molecule has 11 heavy (non-hydrogen) atoms. The molecule has 3 heteroatoms. The zero-order chi connectivity index (χ0) is 7.73. The van der Waals surface area contributed by atoms with Crippen LogP contribution in [0.5, 0.6) is 0 Å². The van der Waals surface area contributed by atoms with Crippen LogP contribution in [0.2, 0.25) is 0 Å². The van der Waals surface area contributed by atoms with Crippen LogP contribution in [-0.4, -0.2) is 48.3 Å². The van der Waals surface area contributed by atoms with E-state index in [4.69, 9.17) is 0 Å². The van der Waals surface area contributed by atoms with Crippen molar-refractivity contribution in [2.75, 3.05) is 32.8 Å². The minimum absolute atomic E-state index is 0.109. The molecule has 2 rings (SSSR count). The van der Waals surface area contributed by atoms with Gasteiger partial charge < -0.3 is 10.4 Å². The van der Waals surface area contributed by atoms with Gasteiger partial charge in [0.05, 0.1) is 12.1 Å². The Bertz CT molecular complexity index is 151. The highest BCUT2D eigenvalue weighted by atomic mass is 16.3. The van der Waals surface area contributed by atoms with Crippen molar-refractivity contribution in [2.45, 2.75) is 18.4 Å². The van der Waals surface area contributed by atoms with Crippen molar-refractivity contribution < 1.29 is 5.11 Å². The van der Waals surface area contributed by atoms with Gasteiger partial charge in [-0.3, -0.25) is 4.90 Å². The average molecular weight is 156 g/mol. The molecule has 0 aromatic heterocycles. The Morgan fingerprint density at radius 2 is 2.36 bits per heavy atom. The van der Waals surface area contributed by atoms with Crippen LogP contribution in [0.25, 0.3) is 0 Å². The Morgan fingerprint density at radius 1 is 1.45 bits per heavy atom. The summed E-state index contributed by atoms with van der Waals surface area (Å²) in [6.07, 6.45) is 2.42. The Hall–Kier alpha value is -0.120. The lowest BCUT2D eigenvalue weighted by Crippen LogP contribution is -2.59. The second-order valence-corrected chi connectivity index (χ2v) is 3.65. The minimum atomic E-state index is 0.109. The fourth-order valence-electron chi connectivity index (χ4n) is 2.31. The lowest BCUT2D eigenvalue weighted by Gasteiger charge is -2.41. The van der Waals surface area contributed by atoms with Crippen molar-refractivity contribution in [1.82, 2.24) is 10.2 Å². The molecule has 0 aromatic rings. The highest BCUT2D eigenvalue weighted by Crippen LogP contribution is 2.29. The van der Waals surface area contributed by atoms with Crippen molar-refractivity contribution in [1.29, 1.82) is 0 Å². The molecule has 2 aliphatic rings. The summed E-state index contributed by atoms with van der Waals surface area (Å²) in [5.41, 5.74) is 0.109. The highest BCUT2D eigenvalue weighted by Gasteiger charge is 2.41. The van der Waals surface area contributed by atoms with E-state index in [0.29, 0.717) is 6.61 Å². The molecule has 3 nitrogen and oxygen atoms in total. The normalized spacial score (nSPS) is 39.0. The van der Waals surface area contributed by atoms with Gasteiger partial charge in [0.2, 0.25) is 0 Å². The zero-order valence-corrected chi connectivity index (χ0v) is 6.84. The Balaban J connectivity index is 2.12. The molecule has 0 bridgehead atoms. The lowest BCUT2D eigenvalue weighted by atomic mass is 9.95. The van der Waals surface area contributed by atoms with Gasteiger partial charge in [-0.15, -0.1) is 0 Å².